The third kappa shape index (κ3) is 6.67. The Bertz CT molecular complexity index is 1550. The normalized spacial score (nSPS) is 24.2. The number of imidazole rings is 1. The van der Waals surface area contributed by atoms with Gasteiger partial charge < -0.3 is 14.2 Å². The van der Waals surface area contributed by atoms with Crippen molar-refractivity contribution >= 4 is 23.6 Å². The lowest BCUT2D eigenvalue weighted by Gasteiger charge is -2.45. The van der Waals surface area contributed by atoms with Crippen LogP contribution in [-0.4, -0.2) is 86.1 Å². The number of hydrogen-bond donors (Lipinski definition) is 0. The summed E-state index contributed by atoms with van der Waals surface area (Å²) in [4.78, 5) is 43.8. The molecule has 46 heavy (non-hydrogen) atoms. The summed E-state index contributed by atoms with van der Waals surface area (Å²) in [6.45, 7) is 5.67. The van der Waals surface area contributed by atoms with Crippen molar-refractivity contribution in [2.75, 3.05) is 32.7 Å². The number of carbonyl (C=O) groups is 2. The number of rotatable bonds is 5. The first-order chi connectivity index (χ1) is 22.4. The molecule has 2 aliphatic carbocycles. The van der Waals surface area contributed by atoms with Crippen LogP contribution in [0.15, 0.2) is 49.1 Å². The van der Waals surface area contributed by atoms with Crippen molar-refractivity contribution in [3.63, 3.8) is 0 Å². The topological polar surface area (TPSA) is 83.8 Å². The van der Waals surface area contributed by atoms with E-state index in [1.54, 1.807) is 11.1 Å². The van der Waals surface area contributed by atoms with Crippen molar-refractivity contribution in [1.29, 1.82) is 0 Å². The highest BCUT2D eigenvalue weighted by molar-refractivity contribution is 6.30. The van der Waals surface area contributed by atoms with Crippen molar-refractivity contribution in [2.45, 2.75) is 89.4 Å². The Morgan fingerprint density at radius 1 is 0.957 bits per heavy atom. The number of hydrogen-bond acceptors (Lipinski definition) is 6. The first-order valence-corrected chi connectivity index (χ1v) is 17.5. The minimum absolute atomic E-state index is 0.0167. The van der Waals surface area contributed by atoms with Gasteiger partial charge in [0, 0.05) is 51.7 Å². The Kier molecular flexibility index (Phi) is 9.31. The van der Waals surface area contributed by atoms with Gasteiger partial charge >= 0.3 is 6.09 Å². The molecule has 244 valence electrons. The van der Waals surface area contributed by atoms with E-state index < -0.39 is 6.04 Å². The highest BCUT2D eigenvalue weighted by atomic mass is 35.5. The monoisotopic (exact) mass is 644 g/mol. The van der Waals surface area contributed by atoms with Crippen molar-refractivity contribution in [1.82, 2.24) is 29.2 Å². The molecule has 0 spiro atoms. The average molecular weight is 645 g/mol. The molecule has 10 heteroatoms. The number of fused-ring (bicyclic) bond motifs is 2. The van der Waals surface area contributed by atoms with Gasteiger partial charge in [-0.3, -0.25) is 19.6 Å². The number of piperidine rings is 1. The third-order valence-corrected chi connectivity index (χ3v) is 10.6. The molecule has 7 rings (SSSR count). The maximum absolute atomic E-state index is 14.6. The van der Waals surface area contributed by atoms with Gasteiger partial charge in [0.2, 0.25) is 5.91 Å². The molecule has 1 saturated carbocycles. The van der Waals surface area contributed by atoms with Crippen LogP contribution in [-0.2, 0) is 28.9 Å². The second-order valence-corrected chi connectivity index (χ2v) is 14.1. The SMILES string of the molecule is Cc1cn(C[C@@H]2CCCN(C(=O)[C@H]3CN(C4c5ccccc5CCc5cc(Cl)cnc54)CCN3C(=O)OC3CCCCC3)C2)cn1. The Labute approximate surface area is 276 Å². The van der Waals surface area contributed by atoms with Gasteiger partial charge in [0.25, 0.3) is 0 Å². The van der Waals surface area contributed by atoms with E-state index in [1.165, 1.54) is 17.5 Å². The minimum Gasteiger partial charge on any atom is -0.446 e. The molecular weight excluding hydrogens is 600 g/mol. The molecule has 1 unspecified atom stereocenters. The van der Waals surface area contributed by atoms with Gasteiger partial charge in [-0.2, -0.15) is 0 Å². The molecule has 3 atom stereocenters. The van der Waals surface area contributed by atoms with Crippen LogP contribution in [0.3, 0.4) is 0 Å². The summed E-state index contributed by atoms with van der Waals surface area (Å²) < 4.78 is 8.22. The molecule has 2 amide bonds. The molecule has 0 bridgehead atoms. The number of ether oxygens (including phenoxy) is 1. The zero-order valence-corrected chi connectivity index (χ0v) is 27.6. The predicted octanol–water partition coefficient (Wildman–Crippen LogP) is 5.82. The van der Waals surface area contributed by atoms with Gasteiger partial charge in [-0.1, -0.05) is 42.3 Å². The van der Waals surface area contributed by atoms with Crippen molar-refractivity contribution in [3.05, 3.63) is 82.2 Å². The molecule has 2 saturated heterocycles. The van der Waals surface area contributed by atoms with Crippen LogP contribution in [0.4, 0.5) is 4.79 Å². The highest BCUT2D eigenvalue weighted by Crippen LogP contribution is 2.38. The van der Waals surface area contributed by atoms with Crippen LogP contribution >= 0.6 is 11.6 Å². The zero-order valence-electron chi connectivity index (χ0n) is 26.8. The van der Waals surface area contributed by atoms with E-state index in [0.29, 0.717) is 43.7 Å². The molecule has 1 aromatic carbocycles. The van der Waals surface area contributed by atoms with E-state index in [2.05, 4.69) is 44.9 Å². The van der Waals surface area contributed by atoms with E-state index in [-0.39, 0.29) is 24.1 Å². The summed E-state index contributed by atoms with van der Waals surface area (Å²) in [5.74, 6) is 0.353. The lowest BCUT2D eigenvalue weighted by Crippen LogP contribution is -2.62. The standard InChI is InChI=1S/C36H45ClN6O3/c1-25-20-40(24-39-25)21-26-8-7-15-42(22-26)35(44)32-23-41(16-17-43(32)36(45)46-30-10-3-2-4-11-30)34-31-12-6-5-9-27(31)13-14-28-18-29(37)19-38-33(28)34/h5-6,9,12,18-20,24,26,30,32,34H,2-4,7-8,10-11,13-17,21-23H2,1H3/t26-,32+,34?/m0/s1. The van der Waals surface area contributed by atoms with E-state index >= 15 is 0 Å². The molecule has 2 aliphatic heterocycles. The average Bonchev–Trinajstić information content (AvgIpc) is 3.41. The Balaban J connectivity index is 1.17. The number of likely N-dealkylation sites (tertiary alicyclic amines) is 1. The van der Waals surface area contributed by atoms with E-state index in [4.69, 9.17) is 21.3 Å². The number of benzene rings is 1. The Morgan fingerprint density at radius 2 is 1.78 bits per heavy atom. The molecular formula is C36H45ClN6O3. The van der Waals surface area contributed by atoms with Gasteiger partial charge in [0.1, 0.15) is 12.1 Å². The number of aromatic nitrogens is 3. The summed E-state index contributed by atoms with van der Waals surface area (Å²) in [6.07, 6.45) is 14.2. The van der Waals surface area contributed by atoms with Crippen LogP contribution in [0.5, 0.6) is 0 Å². The van der Waals surface area contributed by atoms with Gasteiger partial charge in [-0.25, -0.2) is 9.78 Å². The summed E-state index contributed by atoms with van der Waals surface area (Å²) in [7, 11) is 0. The van der Waals surface area contributed by atoms with E-state index in [9.17, 15) is 9.59 Å². The Hall–Kier alpha value is -3.43. The molecule has 2 aromatic heterocycles. The van der Waals surface area contributed by atoms with Crippen LogP contribution in [0.2, 0.25) is 5.02 Å². The minimum atomic E-state index is -0.634. The van der Waals surface area contributed by atoms with Crippen LogP contribution < -0.4 is 0 Å². The predicted molar refractivity (Wildman–Crippen MR) is 177 cm³/mol. The van der Waals surface area contributed by atoms with Gasteiger partial charge in [0.05, 0.1) is 28.8 Å². The summed E-state index contributed by atoms with van der Waals surface area (Å²) in [5.41, 5.74) is 5.64. The molecule has 9 nitrogen and oxygen atoms in total. The lowest BCUT2D eigenvalue weighted by molar-refractivity contribution is -0.141. The summed E-state index contributed by atoms with van der Waals surface area (Å²) in [6, 6.07) is 9.85. The lowest BCUT2D eigenvalue weighted by atomic mass is 9.94. The number of nitrogens with zero attached hydrogens (tertiary/aromatic N) is 6. The Morgan fingerprint density at radius 3 is 2.61 bits per heavy atom. The molecule has 3 fully saturated rings. The third-order valence-electron chi connectivity index (χ3n) is 10.4. The quantitative estimate of drug-likeness (QED) is 0.348. The fourth-order valence-corrected chi connectivity index (χ4v) is 8.29. The first-order valence-electron chi connectivity index (χ1n) is 17.1. The molecule has 0 N–H and O–H groups in total. The van der Waals surface area contributed by atoms with Gasteiger partial charge in [-0.05, 0) is 87.0 Å². The number of halogens is 1. The largest absolute Gasteiger partial charge is 0.446 e. The smallest absolute Gasteiger partial charge is 0.410 e. The maximum Gasteiger partial charge on any atom is 0.410 e. The van der Waals surface area contributed by atoms with Crippen molar-refractivity contribution in [2.24, 2.45) is 5.92 Å². The van der Waals surface area contributed by atoms with E-state index in [1.807, 2.05) is 24.2 Å². The zero-order chi connectivity index (χ0) is 31.6. The second-order valence-electron chi connectivity index (χ2n) is 13.7. The molecule has 4 aliphatic rings. The number of carbonyl (C=O) groups excluding carboxylic acids is 2. The van der Waals surface area contributed by atoms with Crippen LogP contribution in [0.1, 0.15) is 79.1 Å². The number of pyridine rings is 1. The van der Waals surface area contributed by atoms with Crippen LogP contribution in [0, 0.1) is 12.8 Å². The highest BCUT2D eigenvalue weighted by Gasteiger charge is 2.43. The second kappa shape index (κ2) is 13.7. The molecule has 4 heterocycles. The summed E-state index contributed by atoms with van der Waals surface area (Å²) >= 11 is 6.43. The van der Waals surface area contributed by atoms with Crippen molar-refractivity contribution in [3.8, 4) is 0 Å². The number of aryl methyl sites for hydroxylation is 3. The fraction of sp³-hybridized carbons (Fsp3) is 0.556. The van der Waals surface area contributed by atoms with Gasteiger partial charge in [0.15, 0.2) is 0 Å². The summed E-state index contributed by atoms with van der Waals surface area (Å²) in [5, 5.41) is 0.636. The van der Waals surface area contributed by atoms with E-state index in [0.717, 1.165) is 74.9 Å². The fourth-order valence-electron chi connectivity index (χ4n) is 8.11. The van der Waals surface area contributed by atoms with Crippen LogP contribution in [0.25, 0.3) is 0 Å². The maximum atomic E-state index is 14.6. The molecule has 3 aromatic rings. The first kappa shape index (κ1) is 31.2. The van der Waals surface area contributed by atoms with Crippen molar-refractivity contribution < 1.29 is 14.3 Å². The number of amides is 2. The number of piperazine rings is 1. The molecule has 0 radical (unpaired) electrons. The van der Waals surface area contributed by atoms with Gasteiger partial charge in [-0.15, -0.1) is 0 Å².